The highest BCUT2D eigenvalue weighted by Crippen LogP contribution is 2.59. The summed E-state index contributed by atoms with van der Waals surface area (Å²) in [5.74, 6) is 0.787. The summed E-state index contributed by atoms with van der Waals surface area (Å²) in [6, 6.07) is 28.8. The molecular weight excluding hydrogens is 525 g/mol. The van der Waals surface area contributed by atoms with E-state index in [9.17, 15) is 4.39 Å². The van der Waals surface area contributed by atoms with Crippen LogP contribution < -0.4 is 15.3 Å². The average molecular weight is 568 g/mol. The summed E-state index contributed by atoms with van der Waals surface area (Å²) in [6.07, 6.45) is 2.83. The van der Waals surface area contributed by atoms with E-state index in [1.807, 2.05) is 26.1 Å². The van der Waals surface area contributed by atoms with E-state index >= 15 is 0 Å². The number of benzene rings is 3. The van der Waals surface area contributed by atoms with E-state index in [1.165, 1.54) is 16.4 Å². The molecule has 1 aliphatic carbocycles. The van der Waals surface area contributed by atoms with Gasteiger partial charge in [-0.1, -0.05) is 93.6 Å². The van der Waals surface area contributed by atoms with Crippen molar-refractivity contribution >= 4 is 24.4 Å². The Morgan fingerprint density at radius 1 is 0.976 bits per heavy atom. The third-order valence-electron chi connectivity index (χ3n) is 9.21. The van der Waals surface area contributed by atoms with Crippen LogP contribution in [-0.2, 0) is 9.84 Å². The topological polar surface area (TPSA) is 38.2 Å². The summed E-state index contributed by atoms with van der Waals surface area (Å²) in [7, 11) is -0.593. The maximum absolute atomic E-state index is 14.7. The third-order valence-corrected chi connectivity index (χ3v) is 14.2. The van der Waals surface area contributed by atoms with Gasteiger partial charge in [0, 0.05) is 25.1 Å². The van der Waals surface area contributed by atoms with Gasteiger partial charge in [0.1, 0.15) is 11.6 Å². The van der Waals surface area contributed by atoms with Crippen LogP contribution in [-0.4, -0.2) is 38.0 Å². The molecule has 3 aromatic carbocycles. The van der Waals surface area contributed by atoms with E-state index in [-0.39, 0.29) is 28.2 Å². The number of aryl methyl sites for hydroxylation is 2. The Hall–Kier alpha value is -3.35. The van der Waals surface area contributed by atoms with Gasteiger partial charge in [-0.25, -0.2) is 14.4 Å². The van der Waals surface area contributed by atoms with Gasteiger partial charge in [-0.2, -0.15) is 0 Å². The van der Waals surface area contributed by atoms with Gasteiger partial charge < -0.3 is 9.33 Å². The first-order valence-electron chi connectivity index (χ1n) is 14.5. The molecule has 0 N–H and O–H groups in total. The monoisotopic (exact) mass is 567 g/mol. The lowest BCUT2D eigenvalue weighted by Gasteiger charge is -2.43. The fraction of sp³-hybridized carbons (Fsp3) is 0.371. The second-order valence-corrected chi connectivity index (χ2v) is 16.9. The predicted molar refractivity (Wildman–Crippen MR) is 169 cm³/mol. The minimum absolute atomic E-state index is 0.0714. The Balaban J connectivity index is 1.54. The van der Waals surface area contributed by atoms with E-state index in [4.69, 9.17) is 4.43 Å². The Morgan fingerprint density at radius 3 is 2.12 bits per heavy atom. The molecule has 1 aliphatic rings. The van der Waals surface area contributed by atoms with Gasteiger partial charge in [-0.15, -0.1) is 0 Å². The molecule has 0 aliphatic heterocycles. The van der Waals surface area contributed by atoms with Crippen LogP contribution in [0.3, 0.4) is 0 Å². The Kier molecular flexibility index (Phi) is 7.92. The van der Waals surface area contributed by atoms with Crippen molar-refractivity contribution in [2.45, 2.75) is 64.5 Å². The van der Waals surface area contributed by atoms with Crippen molar-refractivity contribution in [1.29, 1.82) is 0 Å². The highest BCUT2D eigenvalue weighted by atomic mass is 28.4. The third kappa shape index (κ3) is 5.24. The first kappa shape index (κ1) is 29.1. The van der Waals surface area contributed by atoms with Crippen LogP contribution in [0.15, 0.2) is 91.1 Å². The molecule has 4 nitrogen and oxygen atoms in total. The van der Waals surface area contributed by atoms with Crippen LogP contribution in [0, 0.1) is 25.6 Å². The number of aromatic nitrogens is 2. The predicted octanol–water partition coefficient (Wildman–Crippen LogP) is 6.59. The van der Waals surface area contributed by atoms with Gasteiger partial charge >= 0.3 is 0 Å². The molecule has 0 spiro atoms. The molecule has 0 radical (unpaired) electrons. The fourth-order valence-electron chi connectivity index (χ4n) is 6.91. The highest BCUT2D eigenvalue weighted by Gasteiger charge is 2.61. The molecule has 1 fully saturated rings. The number of halogens is 1. The van der Waals surface area contributed by atoms with Crippen LogP contribution in [0.25, 0.3) is 0 Å². The molecule has 214 valence electrons. The van der Waals surface area contributed by atoms with Crippen LogP contribution in [0.1, 0.15) is 51.2 Å². The largest absolute Gasteiger partial charge is 0.407 e. The van der Waals surface area contributed by atoms with Crippen molar-refractivity contribution in [2.75, 3.05) is 18.6 Å². The van der Waals surface area contributed by atoms with Gasteiger partial charge in [0.15, 0.2) is 0 Å². The fourth-order valence-corrected chi connectivity index (χ4v) is 11.5. The van der Waals surface area contributed by atoms with Crippen LogP contribution in [0.4, 0.5) is 10.1 Å². The standard InChI is InChI=1S/C35H42FN3OSi/c1-25-33(23-37-27(3)38-25)39(7)26(2)35(28-15-14-16-30(36)21-28)22-29(35)24-40-41(34(4,5)6,31-17-10-8-11-18-31)32-19-12-9-13-20-32/h8-21,23,26,29H,22,24H2,1-7H3/t26?,29-,35+/m0/s1. The van der Waals surface area contributed by atoms with E-state index < -0.39 is 8.32 Å². The summed E-state index contributed by atoms with van der Waals surface area (Å²) in [4.78, 5) is 11.4. The van der Waals surface area contributed by atoms with Crippen molar-refractivity contribution < 1.29 is 8.82 Å². The maximum atomic E-state index is 14.7. The van der Waals surface area contributed by atoms with E-state index in [0.29, 0.717) is 6.61 Å². The lowest BCUT2D eigenvalue weighted by molar-refractivity contribution is 0.263. The van der Waals surface area contributed by atoms with Crippen LogP contribution in [0.2, 0.25) is 5.04 Å². The lowest BCUT2D eigenvalue weighted by atomic mass is 9.85. The summed E-state index contributed by atoms with van der Waals surface area (Å²) >= 11 is 0. The zero-order valence-electron chi connectivity index (χ0n) is 25.4. The minimum Gasteiger partial charge on any atom is -0.407 e. The first-order valence-corrected chi connectivity index (χ1v) is 16.5. The molecular formula is C35H42FN3OSi. The minimum atomic E-state index is -2.70. The van der Waals surface area contributed by atoms with Crippen LogP contribution >= 0.6 is 0 Å². The molecule has 1 aromatic heterocycles. The van der Waals surface area contributed by atoms with Gasteiger partial charge in [0.05, 0.1) is 17.6 Å². The summed E-state index contributed by atoms with van der Waals surface area (Å²) in [6.45, 7) is 13.7. The second kappa shape index (κ2) is 11.1. The smallest absolute Gasteiger partial charge is 0.261 e. The SMILES string of the molecule is Cc1ncc(N(C)C(C)[C@@]2(c3cccc(F)c3)C[C@H]2CO[Si](c2ccccc2)(c2ccccc2)C(C)(C)C)c(C)n1. The Morgan fingerprint density at radius 2 is 1.59 bits per heavy atom. The molecule has 3 atom stereocenters. The van der Waals surface area contributed by atoms with Gasteiger partial charge in [-0.05, 0) is 66.2 Å². The molecule has 0 amide bonds. The first-order chi connectivity index (χ1) is 19.5. The quantitative estimate of drug-likeness (QED) is 0.214. The van der Waals surface area contributed by atoms with Gasteiger partial charge in [-0.3, -0.25) is 0 Å². The molecule has 1 unspecified atom stereocenters. The molecule has 6 heteroatoms. The summed E-state index contributed by atoms with van der Waals surface area (Å²) in [5, 5.41) is 2.44. The Labute approximate surface area is 245 Å². The molecule has 0 bridgehead atoms. The van der Waals surface area contributed by atoms with E-state index in [0.717, 1.165) is 29.2 Å². The average Bonchev–Trinajstić information content (AvgIpc) is 3.68. The zero-order valence-corrected chi connectivity index (χ0v) is 26.4. The van der Waals surface area contributed by atoms with E-state index in [1.54, 1.807) is 6.07 Å². The highest BCUT2D eigenvalue weighted by molar-refractivity contribution is 6.99. The molecule has 4 aromatic rings. The van der Waals surface area contributed by atoms with Crippen molar-refractivity contribution in [2.24, 2.45) is 5.92 Å². The normalized spacial score (nSPS) is 19.6. The zero-order chi connectivity index (χ0) is 29.4. The maximum Gasteiger partial charge on any atom is 0.261 e. The molecule has 5 rings (SSSR count). The van der Waals surface area contributed by atoms with Gasteiger partial charge in [0.2, 0.25) is 0 Å². The summed E-state index contributed by atoms with van der Waals surface area (Å²) < 4.78 is 22.0. The number of rotatable bonds is 9. The number of hydrogen-bond acceptors (Lipinski definition) is 4. The number of anilines is 1. The second-order valence-electron chi connectivity index (χ2n) is 12.6. The van der Waals surface area contributed by atoms with Gasteiger partial charge in [0.25, 0.3) is 8.32 Å². The summed E-state index contributed by atoms with van der Waals surface area (Å²) in [5.41, 5.74) is 2.71. The van der Waals surface area contributed by atoms with Crippen molar-refractivity contribution in [3.63, 3.8) is 0 Å². The van der Waals surface area contributed by atoms with Crippen molar-refractivity contribution in [1.82, 2.24) is 9.97 Å². The number of nitrogens with zero attached hydrogens (tertiary/aromatic N) is 3. The molecule has 1 saturated carbocycles. The number of likely N-dealkylation sites (N-methyl/N-ethyl adjacent to an activating group) is 1. The lowest BCUT2D eigenvalue weighted by Crippen LogP contribution is -2.66. The molecule has 41 heavy (non-hydrogen) atoms. The molecule has 1 heterocycles. The molecule has 0 saturated heterocycles. The number of hydrogen-bond donors (Lipinski definition) is 0. The van der Waals surface area contributed by atoms with E-state index in [2.05, 4.69) is 116 Å². The Bertz CT molecular complexity index is 1450. The van der Waals surface area contributed by atoms with Crippen molar-refractivity contribution in [3.05, 3.63) is 114 Å². The van der Waals surface area contributed by atoms with Crippen molar-refractivity contribution in [3.8, 4) is 0 Å². The van der Waals surface area contributed by atoms with Crippen LogP contribution in [0.5, 0.6) is 0 Å².